The second kappa shape index (κ2) is 5.30. The molecule has 0 saturated heterocycles. The van der Waals surface area contributed by atoms with Crippen LogP contribution in [0.1, 0.15) is 18.4 Å². The summed E-state index contributed by atoms with van der Waals surface area (Å²) < 4.78 is 0.253. The van der Waals surface area contributed by atoms with Gasteiger partial charge in [0, 0.05) is 6.42 Å². The van der Waals surface area contributed by atoms with Crippen LogP contribution in [-0.2, 0) is 11.2 Å². The lowest BCUT2D eigenvalue weighted by atomic mass is 10.1. The Morgan fingerprint density at radius 1 is 1.25 bits per heavy atom. The third kappa shape index (κ3) is 3.85. The van der Waals surface area contributed by atoms with E-state index in [9.17, 15) is 4.79 Å². The molecule has 0 aliphatic heterocycles. The van der Waals surface area contributed by atoms with E-state index in [0.717, 1.165) is 12.8 Å². The van der Waals surface area contributed by atoms with Gasteiger partial charge in [-0.15, -0.1) is 0 Å². The van der Waals surface area contributed by atoms with Gasteiger partial charge in [-0.3, -0.25) is 4.79 Å². The van der Waals surface area contributed by atoms with E-state index in [0.29, 0.717) is 6.42 Å². The molecule has 64 valence electrons. The molecule has 1 aromatic rings. The highest BCUT2D eigenvalue weighted by molar-refractivity contribution is 14.1. The van der Waals surface area contributed by atoms with Gasteiger partial charge < -0.3 is 0 Å². The van der Waals surface area contributed by atoms with Crippen LogP contribution >= 0.6 is 22.6 Å². The van der Waals surface area contributed by atoms with Crippen molar-refractivity contribution in [2.45, 2.75) is 19.3 Å². The van der Waals surface area contributed by atoms with E-state index in [4.69, 9.17) is 0 Å². The van der Waals surface area contributed by atoms with Crippen LogP contribution in [0.2, 0.25) is 0 Å². The van der Waals surface area contributed by atoms with Crippen molar-refractivity contribution in [3.8, 4) is 0 Å². The molecule has 0 amide bonds. The molecule has 0 aliphatic rings. The Balaban J connectivity index is 2.29. The number of benzene rings is 1. The smallest absolute Gasteiger partial charge is 0.192 e. The summed E-state index contributed by atoms with van der Waals surface area (Å²) in [5.74, 6) is 0. The zero-order valence-electron chi connectivity index (χ0n) is 6.79. The number of hydrogen-bond donors (Lipinski definition) is 0. The van der Waals surface area contributed by atoms with Gasteiger partial charge >= 0.3 is 0 Å². The molecule has 1 aromatic carbocycles. The summed E-state index contributed by atoms with van der Waals surface area (Å²) in [6.07, 6.45) is 2.66. The molecule has 0 atom stereocenters. The van der Waals surface area contributed by atoms with Crippen molar-refractivity contribution >= 4 is 26.4 Å². The van der Waals surface area contributed by atoms with E-state index in [1.54, 1.807) is 0 Å². The first-order valence-electron chi connectivity index (χ1n) is 4.01. The van der Waals surface area contributed by atoms with Gasteiger partial charge in [-0.1, -0.05) is 30.3 Å². The van der Waals surface area contributed by atoms with E-state index >= 15 is 0 Å². The highest BCUT2D eigenvalue weighted by atomic mass is 127. The van der Waals surface area contributed by atoms with Crippen LogP contribution in [0.5, 0.6) is 0 Å². The fourth-order valence-corrected chi connectivity index (χ4v) is 1.46. The van der Waals surface area contributed by atoms with Crippen LogP contribution < -0.4 is 0 Å². The van der Waals surface area contributed by atoms with Gasteiger partial charge in [0.15, 0.2) is 3.79 Å². The van der Waals surface area contributed by atoms with E-state index in [1.807, 2.05) is 40.8 Å². The molecule has 0 spiro atoms. The third-order valence-corrected chi connectivity index (χ3v) is 2.22. The molecule has 0 unspecified atom stereocenters. The number of hydrogen-bond acceptors (Lipinski definition) is 1. The molecule has 0 saturated carbocycles. The first-order chi connectivity index (χ1) is 5.79. The monoisotopic (exact) mass is 274 g/mol. The lowest BCUT2D eigenvalue weighted by Gasteiger charge is -1.97. The van der Waals surface area contributed by atoms with Crippen molar-refractivity contribution < 1.29 is 4.79 Å². The second-order valence-electron chi connectivity index (χ2n) is 2.69. The molecule has 1 nitrogen and oxygen atoms in total. The van der Waals surface area contributed by atoms with E-state index < -0.39 is 0 Å². The summed E-state index contributed by atoms with van der Waals surface area (Å²) in [7, 11) is 0. The summed E-state index contributed by atoms with van der Waals surface area (Å²) in [5.41, 5.74) is 1.31. The molecule has 0 bridgehead atoms. The number of carbonyl (C=O) groups is 1. The zero-order chi connectivity index (χ0) is 8.81. The van der Waals surface area contributed by atoms with Crippen molar-refractivity contribution in [2.24, 2.45) is 0 Å². The first kappa shape index (κ1) is 9.71. The maximum Gasteiger partial charge on any atom is 0.192 e. The minimum absolute atomic E-state index is 0.253. The lowest BCUT2D eigenvalue weighted by molar-refractivity contribution is -0.109. The van der Waals surface area contributed by atoms with Crippen LogP contribution in [0, 0.1) is 0 Å². The highest BCUT2D eigenvalue weighted by Gasteiger charge is 1.95. The fourth-order valence-electron chi connectivity index (χ4n) is 1.08. The lowest BCUT2D eigenvalue weighted by Crippen LogP contribution is -1.89. The van der Waals surface area contributed by atoms with Gasteiger partial charge in [0.1, 0.15) is 0 Å². The van der Waals surface area contributed by atoms with Crippen molar-refractivity contribution in [3.05, 3.63) is 35.9 Å². The van der Waals surface area contributed by atoms with Crippen molar-refractivity contribution in [1.82, 2.24) is 0 Å². The van der Waals surface area contributed by atoms with Gasteiger partial charge in [-0.2, -0.15) is 0 Å². The largest absolute Gasteiger partial charge is 0.288 e. The maximum atomic E-state index is 10.6. The Morgan fingerprint density at radius 2 is 1.92 bits per heavy atom. The van der Waals surface area contributed by atoms with Gasteiger partial charge in [-0.25, -0.2) is 0 Å². The summed E-state index contributed by atoms with van der Waals surface area (Å²) in [5, 5.41) is 0. The maximum absolute atomic E-state index is 10.6. The molecular weight excluding hydrogens is 263 g/mol. The predicted molar refractivity (Wildman–Crippen MR) is 58.4 cm³/mol. The Labute approximate surface area is 86.3 Å². The molecule has 0 radical (unpaired) electrons. The molecule has 2 heteroatoms. The van der Waals surface area contributed by atoms with Crippen LogP contribution in [0.4, 0.5) is 0 Å². The number of rotatable bonds is 4. The van der Waals surface area contributed by atoms with Crippen molar-refractivity contribution in [1.29, 1.82) is 0 Å². The minimum atomic E-state index is 0.253. The molecular formula is C10H11IO. The normalized spacial score (nSPS) is 9.75. The Kier molecular flexibility index (Phi) is 4.29. The van der Waals surface area contributed by atoms with E-state index in [1.165, 1.54) is 5.56 Å². The van der Waals surface area contributed by atoms with Gasteiger partial charge in [0.2, 0.25) is 0 Å². The topological polar surface area (TPSA) is 17.1 Å². The van der Waals surface area contributed by atoms with Gasteiger partial charge in [0.25, 0.3) is 0 Å². The second-order valence-corrected chi connectivity index (χ2v) is 3.90. The highest BCUT2D eigenvalue weighted by Crippen LogP contribution is 2.06. The van der Waals surface area contributed by atoms with Gasteiger partial charge in [0.05, 0.1) is 0 Å². The molecule has 0 aromatic heterocycles. The van der Waals surface area contributed by atoms with E-state index in [2.05, 4.69) is 12.1 Å². The van der Waals surface area contributed by atoms with Gasteiger partial charge in [-0.05, 0) is 41.0 Å². The fraction of sp³-hybridized carbons (Fsp3) is 0.300. The predicted octanol–water partition coefficient (Wildman–Crippen LogP) is 2.97. The number of aryl methyl sites for hydroxylation is 1. The van der Waals surface area contributed by atoms with Crippen LogP contribution in [-0.4, -0.2) is 3.79 Å². The molecule has 12 heavy (non-hydrogen) atoms. The third-order valence-electron chi connectivity index (χ3n) is 1.68. The van der Waals surface area contributed by atoms with Crippen molar-refractivity contribution in [2.75, 3.05) is 0 Å². The zero-order valence-corrected chi connectivity index (χ0v) is 8.95. The van der Waals surface area contributed by atoms with Crippen LogP contribution in [0.15, 0.2) is 30.3 Å². The SMILES string of the molecule is O=C(I)CCCc1ccccc1. The Bertz CT molecular complexity index is 243. The average molecular weight is 274 g/mol. The molecule has 0 aliphatic carbocycles. The average Bonchev–Trinajstić information content (AvgIpc) is 2.05. The standard InChI is InChI=1S/C10H11IO/c11-10(12)8-4-7-9-5-2-1-3-6-9/h1-3,5-6H,4,7-8H2. The quantitative estimate of drug-likeness (QED) is 0.609. The number of halogens is 1. The molecule has 0 fully saturated rings. The molecule has 1 rings (SSSR count). The van der Waals surface area contributed by atoms with Crippen molar-refractivity contribution in [3.63, 3.8) is 0 Å². The Morgan fingerprint density at radius 3 is 2.50 bits per heavy atom. The number of carbonyl (C=O) groups excluding carboxylic acids is 1. The minimum Gasteiger partial charge on any atom is -0.288 e. The molecule has 0 N–H and O–H groups in total. The summed E-state index contributed by atoms with van der Waals surface area (Å²) in [6.45, 7) is 0. The first-order valence-corrected chi connectivity index (χ1v) is 5.09. The summed E-state index contributed by atoms with van der Waals surface area (Å²) >= 11 is 1.85. The Hall–Kier alpha value is -0.380. The van der Waals surface area contributed by atoms with Crippen LogP contribution in [0.3, 0.4) is 0 Å². The van der Waals surface area contributed by atoms with Crippen LogP contribution in [0.25, 0.3) is 0 Å². The summed E-state index contributed by atoms with van der Waals surface area (Å²) in [6, 6.07) is 10.3. The van der Waals surface area contributed by atoms with E-state index in [-0.39, 0.29) is 3.79 Å². The molecule has 0 heterocycles. The summed E-state index contributed by atoms with van der Waals surface area (Å²) in [4.78, 5) is 10.6.